The molecule has 0 amide bonds. The zero-order valence-electron chi connectivity index (χ0n) is 23.4. The Labute approximate surface area is 256 Å². The Morgan fingerprint density at radius 2 is 0.730 bits per heavy atom. The Balaban J connectivity index is 1.38. The fourth-order valence-electron chi connectivity index (χ4n) is 6.40. The molecule has 1 aliphatic heterocycles. The van der Waals surface area contributed by atoms with Crippen LogP contribution < -0.4 is 8.79 Å². The van der Waals surface area contributed by atoms with Gasteiger partial charge in [0.1, 0.15) is 0 Å². The third-order valence-corrected chi connectivity index (χ3v) is 23.6. The summed E-state index contributed by atoms with van der Waals surface area (Å²) in [5, 5.41) is 10.3. The first-order valence-electron chi connectivity index (χ1n) is 15.6. The van der Waals surface area contributed by atoms with Crippen LogP contribution in [0.5, 0.6) is 0 Å². The summed E-state index contributed by atoms with van der Waals surface area (Å²) in [4.78, 5) is 3.37. The molecule has 3 rings (SSSR count). The normalized spacial score (nSPS) is 13.8. The molecule has 0 nitrogen and oxygen atoms in total. The molecule has 0 bridgehead atoms. The molecule has 0 saturated heterocycles. The number of unbranched alkanes of at least 4 members (excludes halogenated alkanes) is 18. The van der Waals surface area contributed by atoms with Crippen LogP contribution in [0.15, 0.2) is 22.9 Å². The van der Waals surface area contributed by atoms with Crippen molar-refractivity contribution in [1.82, 2.24) is 0 Å². The number of thiophene rings is 2. The van der Waals surface area contributed by atoms with Crippen molar-refractivity contribution >= 4 is 76.6 Å². The van der Waals surface area contributed by atoms with Crippen molar-refractivity contribution in [2.75, 3.05) is 10.7 Å². The van der Waals surface area contributed by atoms with Gasteiger partial charge in [-0.15, -0.1) is 0 Å². The summed E-state index contributed by atoms with van der Waals surface area (Å²) in [5.41, 5.74) is 0. The van der Waals surface area contributed by atoms with Crippen molar-refractivity contribution in [3.63, 3.8) is 0 Å². The zero-order valence-corrected chi connectivity index (χ0v) is 30.3. The first-order valence-corrected chi connectivity index (χ1v) is 24.7. The van der Waals surface area contributed by atoms with E-state index in [0.29, 0.717) is 0 Å². The molecule has 37 heavy (non-hydrogen) atoms. The zero-order chi connectivity index (χ0) is 26.0. The van der Waals surface area contributed by atoms with Gasteiger partial charge in [0.05, 0.1) is 0 Å². The van der Waals surface area contributed by atoms with Crippen LogP contribution in [-0.2, 0) is 0 Å². The quantitative estimate of drug-likeness (QED) is 0.0573. The summed E-state index contributed by atoms with van der Waals surface area (Å²) in [5.74, 6) is 0. The summed E-state index contributed by atoms with van der Waals surface area (Å²) in [6.45, 7) is 0. The third kappa shape index (κ3) is 10.7. The van der Waals surface area contributed by atoms with E-state index < -0.39 is 13.3 Å². The minimum absolute atomic E-state index is 1.18. The van der Waals surface area contributed by atoms with E-state index in [4.69, 9.17) is 0 Å². The van der Waals surface area contributed by atoms with Crippen LogP contribution >= 0.6 is 54.5 Å². The maximum absolute atomic E-state index is 3.55. The van der Waals surface area contributed by atoms with Crippen molar-refractivity contribution in [2.24, 2.45) is 0 Å². The SMILES string of the molecule is BrCCCCCCCCCCC[CH2][Ge]1([CH2]CCCCCCCCCCCBr)[c]2ccsc2-c2scc[c]21. The average Bonchev–Trinajstić information content (AvgIpc) is 3.63. The standard InChI is InChI=1S/C32H52Br2GeS2/c33-23-17-13-9-5-1-3-7-11-15-19-25-35(26-20-16-12-8-4-2-6-10-14-18-24-34)29-21-27-36-31(29)32-30(35)22-28-37-32/h21-22,27-28H,1-20,23-26H2. The molecular formula is C32H52Br2GeS2. The van der Waals surface area contributed by atoms with Gasteiger partial charge in [0.15, 0.2) is 0 Å². The molecule has 0 radical (unpaired) electrons. The predicted octanol–water partition coefficient (Wildman–Crippen LogP) is 11.9. The molecule has 5 heteroatoms. The Bertz CT molecular complexity index is 762. The van der Waals surface area contributed by atoms with Gasteiger partial charge >= 0.3 is 227 Å². The number of hydrogen-bond donors (Lipinski definition) is 0. The van der Waals surface area contributed by atoms with Gasteiger partial charge < -0.3 is 0 Å². The summed E-state index contributed by atoms with van der Waals surface area (Å²) in [6, 6.07) is 5.13. The van der Waals surface area contributed by atoms with Crippen molar-refractivity contribution in [3.8, 4) is 9.75 Å². The summed E-state index contributed by atoms with van der Waals surface area (Å²) in [6.07, 6.45) is 28.8. The van der Waals surface area contributed by atoms with Gasteiger partial charge in [-0.05, 0) is 0 Å². The van der Waals surface area contributed by atoms with Gasteiger partial charge in [-0.3, -0.25) is 0 Å². The molecule has 0 spiro atoms. The van der Waals surface area contributed by atoms with E-state index in [1.807, 2.05) is 31.5 Å². The monoisotopic (exact) mass is 732 g/mol. The molecule has 0 saturated carbocycles. The Morgan fingerprint density at radius 3 is 1.05 bits per heavy atom. The fraction of sp³-hybridized carbons (Fsp3) is 0.750. The summed E-state index contributed by atoms with van der Waals surface area (Å²) in [7, 11) is 0. The molecule has 1 aliphatic rings. The number of rotatable bonds is 24. The van der Waals surface area contributed by atoms with Crippen LogP contribution in [0.2, 0.25) is 10.5 Å². The van der Waals surface area contributed by atoms with Gasteiger partial charge in [-0.2, -0.15) is 0 Å². The first kappa shape index (κ1) is 32.4. The second-order valence-electron chi connectivity index (χ2n) is 11.4. The fourth-order valence-corrected chi connectivity index (χ4v) is 23.7. The van der Waals surface area contributed by atoms with Crippen molar-refractivity contribution < 1.29 is 0 Å². The van der Waals surface area contributed by atoms with Crippen LogP contribution in [0.3, 0.4) is 0 Å². The Hall–Kier alpha value is 0.903. The van der Waals surface area contributed by atoms with Crippen LogP contribution in [0.25, 0.3) is 9.75 Å². The van der Waals surface area contributed by atoms with E-state index in [-0.39, 0.29) is 0 Å². The molecule has 0 fully saturated rings. The van der Waals surface area contributed by atoms with E-state index in [1.54, 1.807) is 20.3 Å². The van der Waals surface area contributed by atoms with E-state index in [9.17, 15) is 0 Å². The second kappa shape index (κ2) is 19.9. The minimum atomic E-state index is -2.19. The molecular weight excluding hydrogens is 681 g/mol. The topological polar surface area (TPSA) is 0 Å². The number of hydrogen-bond acceptors (Lipinski definition) is 2. The number of fused-ring (bicyclic) bond motifs is 3. The second-order valence-corrected chi connectivity index (χ2v) is 23.7. The first-order chi connectivity index (χ1) is 18.3. The van der Waals surface area contributed by atoms with Gasteiger partial charge in [0.25, 0.3) is 0 Å². The molecule has 0 unspecified atom stereocenters. The van der Waals surface area contributed by atoms with Gasteiger partial charge in [0, 0.05) is 0 Å². The summed E-state index contributed by atoms with van der Waals surface area (Å²) >= 11 is 8.97. The van der Waals surface area contributed by atoms with E-state index in [1.165, 1.54) is 139 Å². The molecule has 0 N–H and O–H groups in total. The maximum atomic E-state index is 3.55. The third-order valence-electron chi connectivity index (χ3n) is 8.54. The van der Waals surface area contributed by atoms with E-state index >= 15 is 0 Å². The molecule has 3 heterocycles. The number of halogens is 2. The van der Waals surface area contributed by atoms with Crippen molar-refractivity contribution in [2.45, 2.75) is 139 Å². The van der Waals surface area contributed by atoms with E-state index in [0.717, 1.165) is 0 Å². The van der Waals surface area contributed by atoms with Crippen molar-refractivity contribution in [1.29, 1.82) is 0 Å². The van der Waals surface area contributed by atoms with Crippen LogP contribution in [-0.4, -0.2) is 23.9 Å². The molecule has 0 aliphatic carbocycles. The van der Waals surface area contributed by atoms with Crippen LogP contribution in [0, 0.1) is 0 Å². The molecule has 2 aromatic heterocycles. The van der Waals surface area contributed by atoms with Crippen LogP contribution in [0.4, 0.5) is 0 Å². The number of alkyl halides is 2. The molecule has 0 atom stereocenters. The van der Waals surface area contributed by atoms with Gasteiger partial charge in [-0.1, -0.05) is 31.9 Å². The molecule has 2 aromatic rings. The van der Waals surface area contributed by atoms with E-state index in [2.05, 4.69) is 54.8 Å². The average molecular weight is 733 g/mol. The molecule has 210 valence electrons. The molecule has 0 aromatic carbocycles. The Morgan fingerprint density at radius 1 is 0.432 bits per heavy atom. The predicted molar refractivity (Wildman–Crippen MR) is 182 cm³/mol. The van der Waals surface area contributed by atoms with Gasteiger partial charge in [-0.25, -0.2) is 0 Å². The Kier molecular flexibility index (Phi) is 17.4. The van der Waals surface area contributed by atoms with Gasteiger partial charge in [0.2, 0.25) is 0 Å². The van der Waals surface area contributed by atoms with Crippen LogP contribution in [0.1, 0.15) is 128 Å². The van der Waals surface area contributed by atoms with Crippen molar-refractivity contribution in [3.05, 3.63) is 22.9 Å². The summed E-state index contributed by atoms with van der Waals surface area (Å²) < 4.78 is 3.75.